The van der Waals surface area contributed by atoms with E-state index in [1.54, 1.807) is 11.3 Å². The van der Waals surface area contributed by atoms with E-state index >= 15 is 0 Å². The van der Waals surface area contributed by atoms with Crippen LogP contribution >= 0.6 is 11.3 Å². The minimum absolute atomic E-state index is 0.0469. The Morgan fingerprint density at radius 1 is 1.15 bits per heavy atom. The van der Waals surface area contributed by atoms with E-state index < -0.39 is 6.10 Å². The lowest BCUT2D eigenvalue weighted by Crippen LogP contribution is -2.55. The fraction of sp³-hybridized carbons (Fsp3) is 0.783. The van der Waals surface area contributed by atoms with Gasteiger partial charge in [-0.05, 0) is 88.2 Å². The second kappa shape index (κ2) is 6.59. The van der Waals surface area contributed by atoms with Crippen molar-refractivity contribution in [3.63, 3.8) is 0 Å². The number of hydrogen-bond donors (Lipinski definition) is 2. The van der Waals surface area contributed by atoms with Crippen molar-refractivity contribution in [3.8, 4) is 0 Å². The first kappa shape index (κ1) is 18.2. The molecule has 3 nitrogen and oxygen atoms in total. The van der Waals surface area contributed by atoms with Gasteiger partial charge in [0, 0.05) is 27.1 Å². The molecule has 6 rings (SSSR count). The molecule has 1 aromatic heterocycles. The number of carbonyl (C=O) groups excluding carboxylic acids is 1. The van der Waals surface area contributed by atoms with Crippen LogP contribution in [0.15, 0.2) is 12.1 Å². The van der Waals surface area contributed by atoms with Gasteiger partial charge in [0.05, 0.1) is 6.10 Å². The fourth-order valence-corrected chi connectivity index (χ4v) is 8.44. The topological polar surface area (TPSA) is 49.3 Å². The van der Waals surface area contributed by atoms with Crippen molar-refractivity contribution in [3.05, 3.63) is 21.9 Å². The van der Waals surface area contributed by atoms with Crippen molar-refractivity contribution in [1.82, 2.24) is 5.32 Å². The number of thiophene rings is 1. The molecule has 0 saturated heterocycles. The van der Waals surface area contributed by atoms with Crippen LogP contribution in [-0.2, 0) is 10.2 Å². The standard InChI is InChI=1S/C23H33NO2S/c1-15(25)19-4-5-20(27-19)22(6-2-3-7-22)14-24-21(26)23-11-16-8-17(12-23)10-18(9-16)13-23/h4-5,15-18,25H,2-3,6-14H2,1H3,(H,24,26). The summed E-state index contributed by atoms with van der Waals surface area (Å²) in [6, 6.07) is 4.28. The fourth-order valence-electron chi connectivity index (χ4n) is 7.25. The molecule has 4 bridgehead atoms. The van der Waals surface area contributed by atoms with Gasteiger partial charge < -0.3 is 10.4 Å². The Balaban J connectivity index is 1.32. The van der Waals surface area contributed by atoms with Gasteiger partial charge in [0.1, 0.15) is 0 Å². The summed E-state index contributed by atoms with van der Waals surface area (Å²) in [5.41, 5.74) is 0.0462. The summed E-state index contributed by atoms with van der Waals surface area (Å²) >= 11 is 1.75. The molecule has 5 fully saturated rings. The van der Waals surface area contributed by atoms with Crippen LogP contribution in [-0.4, -0.2) is 17.6 Å². The first-order valence-electron chi connectivity index (χ1n) is 11.0. The second-order valence-corrected chi connectivity index (χ2v) is 11.4. The first-order valence-corrected chi connectivity index (χ1v) is 11.9. The van der Waals surface area contributed by atoms with Gasteiger partial charge in [-0.3, -0.25) is 4.79 Å². The molecule has 148 valence electrons. The van der Waals surface area contributed by atoms with E-state index in [4.69, 9.17) is 0 Å². The van der Waals surface area contributed by atoms with Gasteiger partial charge in [0.25, 0.3) is 0 Å². The lowest BCUT2D eigenvalue weighted by atomic mass is 9.49. The smallest absolute Gasteiger partial charge is 0.226 e. The summed E-state index contributed by atoms with van der Waals surface area (Å²) in [5, 5.41) is 13.4. The summed E-state index contributed by atoms with van der Waals surface area (Å²) < 4.78 is 0. The minimum atomic E-state index is -0.399. The van der Waals surface area contributed by atoms with E-state index in [1.165, 1.54) is 37.0 Å². The summed E-state index contributed by atoms with van der Waals surface area (Å²) in [6.07, 6.45) is 12.0. The highest BCUT2D eigenvalue weighted by Crippen LogP contribution is 2.60. The summed E-state index contributed by atoms with van der Waals surface area (Å²) in [4.78, 5) is 15.8. The average molecular weight is 388 g/mol. The molecule has 5 aliphatic carbocycles. The van der Waals surface area contributed by atoms with Crippen LogP contribution in [0.5, 0.6) is 0 Å². The van der Waals surface area contributed by atoms with Crippen molar-refractivity contribution in [2.24, 2.45) is 23.2 Å². The summed E-state index contributed by atoms with van der Waals surface area (Å²) in [6.45, 7) is 2.62. The quantitative estimate of drug-likeness (QED) is 0.751. The number of rotatable bonds is 5. The Labute approximate surface area is 166 Å². The third-order valence-corrected chi connectivity index (χ3v) is 9.73. The van der Waals surface area contributed by atoms with Gasteiger partial charge in [0.15, 0.2) is 0 Å². The molecule has 0 aliphatic heterocycles. The van der Waals surface area contributed by atoms with Crippen molar-refractivity contribution < 1.29 is 9.90 Å². The Morgan fingerprint density at radius 3 is 2.26 bits per heavy atom. The monoisotopic (exact) mass is 387 g/mol. The van der Waals surface area contributed by atoms with Crippen LogP contribution in [0.1, 0.15) is 87.0 Å². The Morgan fingerprint density at radius 2 is 1.74 bits per heavy atom. The molecule has 5 aliphatic rings. The largest absolute Gasteiger partial charge is 0.388 e. The van der Waals surface area contributed by atoms with E-state index in [9.17, 15) is 9.90 Å². The van der Waals surface area contributed by atoms with E-state index in [0.29, 0.717) is 5.91 Å². The van der Waals surface area contributed by atoms with Crippen LogP contribution in [0.25, 0.3) is 0 Å². The molecule has 0 aromatic carbocycles. The minimum Gasteiger partial charge on any atom is -0.388 e. The van der Waals surface area contributed by atoms with Crippen molar-refractivity contribution in [1.29, 1.82) is 0 Å². The normalized spacial score (nSPS) is 37.5. The number of aliphatic hydroxyl groups excluding tert-OH is 1. The van der Waals surface area contributed by atoms with Gasteiger partial charge in [0.2, 0.25) is 5.91 Å². The van der Waals surface area contributed by atoms with Gasteiger partial charge in [-0.15, -0.1) is 11.3 Å². The summed E-state index contributed by atoms with van der Waals surface area (Å²) in [7, 11) is 0. The molecular formula is C23H33NO2S. The van der Waals surface area contributed by atoms with Crippen LogP contribution in [0.2, 0.25) is 0 Å². The van der Waals surface area contributed by atoms with Gasteiger partial charge in [-0.25, -0.2) is 0 Å². The molecule has 2 N–H and O–H groups in total. The van der Waals surface area contributed by atoms with Crippen LogP contribution in [0, 0.1) is 23.2 Å². The molecule has 1 atom stereocenters. The van der Waals surface area contributed by atoms with Crippen molar-refractivity contribution >= 4 is 17.2 Å². The number of carbonyl (C=O) groups is 1. The number of hydrogen-bond acceptors (Lipinski definition) is 3. The highest BCUT2D eigenvalue weighted by atomic mass is 32.1. The Bertz CT molecular complexity index is 680. The first-order chi connectivity index (χ1) is 13.0. The van der Waals surface area contributed by atoms with Crippen molar-refractivity contribution in [2.75, 3.05) is 6.54 Å². The van der Waals surface area contributed by atoms with Gasteiger partial charge in [-0.1, -0.05) is 12.8 Å². The predicted octanol–water partition coefficient (Wildman–Crippen LogP) is 4.95. The lowest BCUT2D eigenvalue weighted by Gasteiger charge is -2.55. The summed E-state index contributed by atoms with van der Waals surface area (Å²) in [5.74, 6) is 2.80. The average Bonchev–Trinajstić information content (AvgIpc) is 3.29. The molecule has 27 heavy (non-hydrogen) atoms. The molecular weight excluding hydrogens is 354 g/mol. The second-order valence-electron chi connectivity index (χ2n) is 10.2. The van der Waals surface area contributed by atoms with E-state index in [0.717, 1.165) is 61.3 Å². The Hall–Kier alpha value is -0.870. The number of nitrogens with one attached hydrogen (secondary N) is 1. The zero-order valence-electron chi connectivity index (χ0n) is 16.5. The maximum absolute atomic E-state index is 13.4. The maximum atomic E-state index is 13.4. The maximum Gasteiger partial charge on any atom is 0.226 e. The number of aliphatic hydroxyl groups is 1. The molecule has 1 aromatic rings. The van der Waals surface area contributed by atoms with Gasteiger partial charge >= 0.3 is 0 Å². The van der Waals surface area contributed by atoms with E-state index in [2.05, 4.69) is 17.4 Å². The third kappa shape index (κ3) is 3.07. The molecule has 4 heteroatoms. The highest BCUT2D eigenvalue weighted by molar-refractivity contribution is 7.12. The molecule has 0 radical (unpaired) electrons. The van der Waals surface area contributed by atoms with E-state index in [1.807, 2.05) is 6.92 Å². The number of amides is 1. The van der Waals surface area contributed by atoms with Crippen LogP contribution < -0.4 is 5.32 Å². The SMILES string of the molecule is CC(O)c1ccc(C2(CNC(=O)C34CC5CC(CC(C5)C3)C4)CCCC2)s1. The van der Waals surface area contributed by atoms with Gasteiger partial charge in [-0.2, -0.15) is 0 Å². The zero-order valence-corrected chi connectivity index (χ0v) is 17.3. The highest BCUT2D eigenvalue weighted by Gasteiger charge is 2.54. The molecule has 5 saturated carbocycles. The zero-order chi connectivity index (χ0) is 18.6. The van der Waals surface area contributed by atoms with Crippen LogP contribution in [0.4, 0.5) is 0 Å². The third-order valence-electron chi connectivity index (χ3n) is 8.23. The molecule has 1 amide bonds. The van der Waals surface area contributed by atoms with Crippen molar-refractivity contribution in [2.45, 2.75) is 82.7 Å². The Kier molecular flexibility index (Phi) is 4.43. The van der Waals surface area contributed by atoms with E-state index in [-0.39, 0.29) is 10.8 Å². The molecule has 1 heterocycles. The molecule has 1 unspecified atom stereocenters. The van der Waals surface area contributed by atoms with Crippen LogP contribution in [0.3, 0.4) is 0 Å². The predicted molar refractivity (Wildman–Crippen MR) is 109 cm³/mol. The molecule has 0 spiro atoms. The lowest BCUT2D eigenvalue weighted by molar-refractivity contribution is -0.146.